The monoisotopic (exact) mass is 392 g/mol. The van der Waals surface area contributed by atoms with Gasteiger partial charge in [0.05, 0.1) is 23.1 Å². The van der Waals surface area contributed by atoms with Crippen LogP contribution in [0.2, 0.25) is 0 Å². The van der Waals surface area contributed by atoms with Crippen molar-refractivity contribution in [1.82, 2.24) is 24.3 Å². The minimum atomic E-state index is -0.0697. The van der Waals surface area contributed by atoms with Gasteiger partial charge in [-0.2, -0.15) is 0 Å². The zero-order chi connectivity index (χ0) is 19.5. The van der Waals surface area contributed by atoms with Gasteiger partial charge in [-0.3, -0.25) is 4.79 Å². The summed E-state index contributed by atoms with van der Waals surface area (Å²) < 4.78 is 4.01. The molecule has 2 aromatic heterocycles. The van der Waals surface area contributed by atoms with Crippen LogP contribution in [0.15, 0.2) is 60.0 Å². The predicted octanol–water partition coefficient (Wildman–Crippen LogP) is 3.58. The molecule has 0 unspecified atom stereocenters. The average Bonchev–Trinajstić information content (AvgIpc) is 3.30. The average molecular weight is 392 g/mol. The van der Waals surface area contributed by atoms with Crippen LogP contribution in [0, 0.1) is 0 Å². The molecule has 0 radical (unpaired) electrons. The Morgan fingerprint density at radius 2 is 1.96 bits per heavy atom. The lowest BCUT2D eigenvalue weighted by Gasteiger charge is -2.08. The molecular weight excluding hydrogens is 372 g/mol. The summed E-state index contributed by atoms with van der Waals surface area (Å²) in [6.45, 7) is 2.76. The van der Waals surface area contributed by atoms with E-state index in [9.17, 15) is 4.79 Å². The Balaban J connectivity index is 1.52. The van der Waals surface area contributed by atoms with Crippen molar-refractivity contribution in [2.75, 3.05) is 11.1 Å². The topological polar surface area (TPSA) is 77.6 Å². The SMILES string of the molecule is CCn1c(SCC(=O)Nc2ccccc2)nnc1-c1ccc2ncn(C)c2c1. The van der Waals surface area contributed by atoms with Gasteiger partial charge < -0.3 is 14.5 Å². The molecule has 1 N–H and O–H groups in total. The van der Waals surface area contributed by atoms with E-state index in [1.807, 2.05) is 65.6 Å². The van der Waals surface area contributed by atoms with Crippen molar-refractivity contribution in [3.8, 4) is 11.4 Å². The Kier molecular flexibility index (Phi) is 5.12. The summed E-state index contributed by atoms with van der Waals surface area (Å²) in [5.41, 5.74) is 3.75. The van der Waals surface area contributed by atoms with Crippen LogP contribution in [0.1, 0.15) is 6.92 Å². The number of aromatic nitrogens is 5. The maximum Gasteiger partial charge on any atom is 0.234 e. The van der Waals surface area contributed by atoms with E-state index in [1.165, 1.54) is 11.8 Å². The maximum atomic E-state index is 12.2. The zero-order valence-electron chi connectivity index (χ0n) is 15.7. The van der Waals surface area contributed by atoms with Crippen LogP contribution in [0.25, 0.3) is 22.4 Å². The molecule has 1 amide bonds. The highest BCUT2D eigenvalue weighted by molar-refractivity contribution is 7.99. The third kappa shape index (κ3) is 3.63. The van der Waals surface area contributed by atoms with Crippen LogP contribution in [0.5, 0.6) is 0 Å². The second-order valence-electron chi connectivity index (χ2n) is 6.31. The normalized spacial score (nSPS) is 11.1. The highest BCUT2D eigenvalue weighted by atomic mass is 32.2. The second-order valence-corrected chi connectivity index (χ2v) is 7.25. The number of imidazole rings is 1. The van der Waals surface area contributed by atoms with Gasteiger partial charge in [0.25, 0.3) is 0 Å². The van der Waals surface area contributed by atoms with E-state index < -0.39 is 0 Å². The van der Waals surface area contributed by atoms with E-state index in [2.05, 4.69) is 26.6 Å². The number of rotatable bonds is 6. The standard InChI is InChI=1S/C20H20N6OS/c1-3-26-19(14-9-10-16-17(11-14)25(2)13-21-16)23-24-20(26)28-12-18(27)22-15-7-5-4-6-8-15/h4-11,13H,3,12H2,1-2H3,(H,22,27). The first-order valence-corrected chi connectivity index (χ1v) is 9.96. The number of carbonyl (C=O) groups is 1. The van der Waals surface area contributed by atoms with Crippen LogP contribution < -0.4 is 5.32 Å². The molecular formula is C20H20N6OS. The van der Waals surface area contributed by atoms with E-state index in [-0.39, 0.29) is 11.7 Å². The first-order chi connectivity index (χ1) is 13.7. The van der Waals surface area contributed by atoms with Gasteiger partial charge in [-0.05, 0) is 37.3 Å². The Labute approximate surface area is 166 Å². The molecule has 0 aliphatic rings. The molecule has 0 aliphatic carbocycles. The number of nitrogens with one attached hydrogen (secondary N) is 1. The summed E-state index contributed by atoms with van der Waals surface area (Å²) in [5, 5.41) is 12.3. The Hall–Kier alpha value is -3.13. The number of para-hydroxylation sites is 1. The third-order valence-corrected chi connectivity index (χ3v) is 5.37. The largest absolute Gasteiger partial charge is 0.334 e. The van der Waals surface area contributed by atoms with Crippen LogP contribution in [0.3, 0.4) is 0 Å². The van der Waals surface area contributed by atoms with E-state index in [0.717, 1.165) is 33.3 Å². The van der Waals surface area contributed by atoms with Gasteiger partial charge in [0.2, 0.25) is 5.91 Å². The third-order valence-electron chi connectivity index (χ3n) is 4.41. The predicted molar refractivity (Wildman–Crippen MR) is 111 cm³/mol. The fourth-order valence-corrected chi connectivity index (χ4v) is 3.81. The van der Waals surface area contributed by atoms with Crippen molar-refractivity contribution in [2.45, 2.75) is 18.6 Å². The molecule has 0 bridgehead atoms. The number of aryl methyl sites for hydroxylation is 1. The molecule has 0 spiro atoms. The van der Waals surface area contributed by atoms with Crippen molar-refractivity contribution < 1.29 is 4.79 Å². The van der Waals surface area contributed by atoms with Crippen molar-refractivity contribution >= 4 is 34.4 Å². The second kappa shape index (κ2) is 7.85. The number of carbonyl (C=O) groups excluding carboxylic acids is 1. The molecule has 0 saturated heterocycles. The van der Waals surface area contributed by atoms with Gasteiger partial charge in [-0.25, -0.2) is 4.98 Å². The zero-order valence-corrected chi connectivity index (χ0v) is 16.5. The minimum absolute atomic E-state index is 0.0697. The molecule has 4 aromatic rings. The molecule has 0 atom stereocenters. The highest BCUT2D eigenvalue weighted by Gasteiger charge is 2.15. The van der Waals surface area contributed by atoms with Crippen molar-refractivity contribution in [3.63, 3.8) is 0 Å². The molecule has 7 nitrogen and oxygen atoms in total. The fraction of sp³-hybridized carbons (Fsp3) is 0.200. The molecule has 0 aliphatic heterocycles. The molecule has 0 fully saturated rings. The lowest BCUT2D eigenvalue weighted by Crippen LogP contribution is -2.14. The van der Waals surface area contributed by atoms with Gasteiger partial charge >= 0.3 is 0 Å². The van der Waals surface area contributed by atoms with Crippen LogP contribution in [0.4, 0.5) is 5.69 Å². The smallest absolute Gasteiger partial charge is 0.234 e. The Morgan fingerprint density at radius 1 is 1.14 bits per heavy atom. The maximum absolute atomic E-state index is 12.2. The number of amides is 1. The number of anilines is 1. The minimum Gasteiger partial charge on any atom is -0.334 e. The molecule has 8 heteroatoms. The number of hydrogen-bond acceptors (Lipinski definition) is 5. The number of hydrogen-bond donors (Lipinski definition) is 1. The van der Waals surface area contributed by atoms with Crippen LogP contribution in [-0.4, -0.2) is 36.0 Å². The molecule has 28 heavy (non-hydrogen) atoms. The van der Waals surface area contributed by atoms with Gasteiger partial charge in [0.15, 0.2) is 11.0 Å². The fourth-order valence-electron chi connectivity index (χ4n) is 3.01. The molecule has 2 heterocycles. The van der Waals surface area contributed by atoms with Crippen molar-refractivity contribution in [2.24, 2.45) is 7.05 Å². The van der Waals surface area contributed by atoms with Gasteiger partial charge in [0, 0.05) is 24.8 Å². The van der Waals surface area contributed by atoms with Crippen molar-refractivity contribution in [3.05, 3.63) is 54.9 Å². The van der Waals surface area contributed by atoms with Crippen LogP contribution in [-0.2, 0) is 18.4 Å². The first kappa shape index (κ1) is 18.2. The summed E-state index contributed by atoms with van der Waals surface area (Å²) >= 11 is 1.38. The summed E-state index contributed by atoms with van der Waals surface area (Å²) in [7, 11) is 1.97. The molecule has 4 rings (SSSR count). The quantitative estimate of drug-likeness (QED) is 0.508. The van der Waals surface area contributed by atoms with Crippen LogP contribution >= 0.6 is 11.8 Å². The van der Waals surface area contributed by atoms with E-state index in [1.54, 1.807) is 6.33 Å². The summed E-state index contributed by atoms with van der Waals surface area (Å²) in [4.78, 5) is 16.6. The van der Waals surface area contributed by atoms with Crippen molar-refractivity contribution in [1.29, 1.82) is 0 Å². The molecule has 0 saturated carbocycles. The number of nitrogens with zero attached hydrogens (tertiary/aromatic N) is 5. The number of thioether (sulfide) groups is 1. The van der Waals surface area contributed by atoms with Gasteiger partial charge in [-0.15, -0.1) is 10.2 Å². The number of fused-ring (bicyclic) bond motifs is 1. The summed E-state index contributed by atoms with van der Waals surface area (Å²) in [6, 6.07) is 15.5. The lowest BCUT2D eigenvalue weighted by molar-refractivity contribution is -0.113. The van der Waals surface area contributed by atoms with Gasteiger partial charge in [-0.1, -0.05) is 30.0 Å². The number of benzene rings is 2. The Morgan fingerprint density at radius 3 is 2.75 bits per heavy atom. The summed E-state index contributed by atoms with van der Waals surface area (Å²) in [6.07, 6.45) is 1.80. The Bertz CT molecular complexity index is 1120. The summed E-state index contributed by atoms with van der Waals surface area (Å²) in [5.74, 6) is 0.990. The molecule has 2 aromatic carbocycles. The van der Waals surface area contributed by atoms with E-state index >= 15 is 0 Å². The lowest BCUT2D eigenvalue weighted by atomic mass is 10.2. The van der Waals surface area contributed by atoms with Gasteiger partial charge in [0.1, 0.15) is 0 Å². The molecule has 142 valence electrons. The highest BCUT2D eigenvalue weighted by Crippen LogP contribution is 2.26. The van der Waals surface area contributed by atoms with E-state index in [0.29, 0.717) is 6.54 Å². The first-order valence-electron chi connectivity index (χ1n) is 8.98. The van der Waals surface area contributed by atoms with E-state index in [4.69, 9.17) is 0 Å².